The van der Waals surface area contributed by atoms with Gasteiger partial charge in [-0.15, -0.1) is 0 Å². The first-order valence-corrected chi connectivity index (χ1v) is 16.6. The van der Waals surface area contributed by atoms with Gasteiger partial charge in [-0.25, -0.2) is 0 Å². The fourth-order valence-electron chi connectivity index (χ4n) is 10.4. The molecule has 10 nitrogen and oxygen atoms in total. The molecule has 2 amide bonds. The Morgan fingerprint density at radius 1 is 1.09 bits per heavy atom. The van der Waals surface area contributed by atoms with Crippen molar-refractivity contribution < 1.29 is 24.3 Å². The average molecular weight is 630 g/mol. The lowest BCUT2D eigenvalue weighted by Crippen LogP contribution is -2.75. The van der Waals surface area contributed by atoms with E-state index in [0.29, 0.717) is 25.7 Å². The summed E-state index contributed by atoms with van der Waals surface area (Å²) in [5, 5.41) is 33.5. The predicted octanol–water partition coefficient (Wildman–Crippen LogP) is 3.82. The van der Waals surface area contributed by atoms with Gasteiger partial charge in [0.2, 0.25) is 5.91 Å². The number of nitrogens with zero attached hydrogens (tertiary/aromatic N) is 3. The molecule has 0 radical (unpaired) electrons. The van der Waals surface area contributed by atoms with E-state index in [4.69, 9.17) is 0 Å². The number of hydrogen-bond donors (Lipinski definition) is 3. The molecule has 3 N–H and O–H groups in total. The molecule has 3 fully saturated rings. The van der Waals surface area contributed by atoms with Crippen LogP contribution < -0.4 is 10.6 Å². The second kappa shape index (κ2) is 10.5. The highest BCUT2D eigenvalue weighted by atomic mass is 16.3. The van der Waals surface area contributed by atoms with E-state index in [1.807, 2.05) is 13.0 Å². The van der Waals surface area contributed by atoms with Crippen LogP contribution in [0.1, 0.15) is 90.1 Å². The summed E-state index contributed by atoms with van der Waals surface area (Å²) >= 11 is 0. The number of carbonyl (C=O) groups excluding carboxylic acids is 4. The minimum atomic E-state index is -1.78. The summed E-state index contributed by atoms with van der Waals surface area (Å²) in [6, 6.07) is 4.11. The molecule has 0 saturated heterocycles. The Balaban J connectivity index is 1.30. The third kappa shape index (κ3) is 4.33. The predicted molar refractivity (Wildman–Crippen MR) is 170 cm³/mol. The second-order valence-corrected chi connectivity index (χ2v) is 16.1. The molecule has 9 atom stereocenters. The Hall–Kier alpha value is -3.58. The molecule has 0 bridgehead atoms. The molecule has 5 aliphatic rings. The van der Waals surface area contributed by atoms with E-state index in [1.165, 1.54) is 4.68 Å². The van der Waals surface area contributed by atoms with Crippen LogP contribution in [-0.2, 0) is 21.4 Å². The number of amides is 2. The van der Waals surface area contributed by atoms with Crippen molar-refractivity contribution in [3.63, 3.8) is 0 Å². The number of allylic oxidation sites excluding steroid dienone is 3. The standard InChI is InChI=1S/C36H47N5O5/c1-31-12-13-32(2,21-39-28(44)20-38-30(45)25-9-16-41(6)40-25)24(19-37)29(31)36(46)27(43)18-26-33(3)10-8-23(42)17-22(33)7-11-34(26,4)35(36,5)15-14-31/h8-10,16,18,22,24,29,46H,7,11-15,17,20-21H2,1-6H3,(H,38,45)(H,39,44). The highest BCUT2D eigenvalue weighted by Gasteiger charge is 2.76. The Labute approximate surface area is 271 Å². The van der Waals surface area contributed by atoms with Crippen molar-refractivity contribution in [2.24, 2.45) is 51.9 Å². The number of rotatable bonds is 5. The topological polar surface area (TPSA) is 154 Å². The van der Waals surface area contributed by atoms with Crippen LogP contribution in [0, 0.1) is 56.2 Å². The van der Waals surface area contributed by atoms with E-state index in [9.17, 15) is 29.5 Å². The summed E-state index contributed by atoms with van der Waals surface area (Å²) in [6.45, 7) is 10.4. The number of nitriles is 1. The highest BCUT2D eigenvalue weighted by molar-refractivity contribution is 6.01. The zero-order valence-corrected chi connectivity index (χ0v) is 27.9. The molecule has 5 aliphatic carbocycles. The first-order valence-electron chi connectivity index (χ1n) is 16.6. The molecule has 1 heterocycles. The first-order chi connectivity index (χ1) is 21.5. The van der Waals surface area contributed by atoms with E-state index < -0.39 is 50.4 Å². The van der Waals surface area contributed by atoms with Crippen LogP contribution >= 0.6 is 0 Å². The lowest BCUT2D eigenvalue weighted by molar-refractivity contribution is -0.251. The number of aliphatic hydroxyl groups is 1. The van der Waals surface area contributed by atoms with Crippen LogP contribution in [0.2, 0.25) is 0 Å². The number of fused-ring (bicyclic) bond motifs is 7. The molecule has 9 unspecified atom stereocenters. The fourth-order valence-corrected chi connectivity index (χ4v) is 10.4. The summed E-state index contributed by atoms with van der Waals surface area (Å²) in [5.74, 6) is -2.30. The number of carbonyl (C=O) groups is 4. The fraction of sp³-hybridized carbons (Fsp3) is 0.667. The van der Waals surface area contributed by atoms with E-state index >= 15 is 0 Å². The van der Waals surface area contributed by atoms with Gasteiger partial charge >= 0.3 is 0 Å². The summed E-state index contributed by atoms with van der Waals surface area (Å²) in [7, 11) is 1.70. The van der Waals surface area contributed by atoms with E-state index in [1.54, 1.807) is 31.5 Å². The Morgan fingerprint density at radius 3 is 2.48 bits per heavy atom. The molecule has 6 rings (SSSR count). The SMILES string of the molecule is Cn1ccc(C(=O)NCC(=O)NCC2(C)CCC3(C)CCC4(C)C5(C)CCC6CC(=O)C=CC6(C)C5=CC(=O)C4(O)C3C2C#N)n1. The molecule has 246 valence electrons. The maximum Gasteiger partial charge on any atom is 0.272 e. The molecule has 0 aliphatic heterocycles. The summed E-state index contributed by atoms with van der Waals surface area (Å²) in [6.07, 6.45) is 11.8. The van der Waals surface area contributed by atoms with Gasteiger partial charge in [-0.3, -0.25) is 23.9 Å². The Bertz CT molecular complexity index is 1620. The molecule has 1 aromatic rings. The summed E-state index contributed by atoms with van der Waals surface area (Å²) < 4.78 is 1.51. The van der Waals surface area contributed by atoms with Gasteiger partial charge in [-0.1, -0.05) is 40.7 Å². The molecule has 0 aromatic carbocycles. The second-order valence-electron chi connectivity index (χ2n) is 16.1. The van der Waals surface area contributed by atoms with Crippen LogP contribution in [0.15, 0.2) is 36.1 Å². The number of aryl methyl sites for hydroxylation is 1. The zero-order chi connectivity index (χ0) is 33.5. The van der Waals surface area contributed by atoms with E-state index in [-0.39, 0.29) is 42.2 Å². The van der Waals surface area contributed by atoms with Crippen LogP contribution in [0.3, 0.4) is 0 Å². The highest BCUT2D eigenvalue weighted by Crippen LogP contribution is 2.75. The number of aromatic nitrogens is 2. The average Bonchev–Trinajstić information content (AvgIpc) is 3.46. The van der Waals surface area contributed by atoms with Gasteiger partial charge in [0.25, 0.3) is 5.91 Å². The van der Waals surface area contributed by atoms with Crippen molar-refractivity contribution in [2.75, 3.05) is 13.1 Å². The molecule has 1 aromatic heterocycles. The van der Waals surface area contributed by atoms with Crippen molar-refractivity contribution in [3.05, 3.63) is 41.8 Å². The number of nitrogens with one attached hydrogen (secondary N) is 2. The van der Waals surface area contributed by atoms with E-state index in [2.05, 4.69) is 49.5 Å². The van der Waals surface area contributed by atoms with Crippen LogP contribution in [0.4, 0.5) is 0 Å². The van der Waals surface area contributed by atoms with Crippen molar-refractivity contribution in [3.8, 4) is 6.07 Å². The summed E-state index contributed by atoms with van der Waals surface area (Å²) in [4.78, 5) is 52.2. The van der Waals surface area contributed by atoms with Gasteiger partial charge in [0.1, 0.15) is 11.3 Å². The van der Waals surface area contributed by atoms with Gasteiger partial charge in [-0.05, 0) is 79.1 Å². The quantitative estimate of drug-likeness (QED) is 0.447. The minimum absolute atomic E-state index is 0.114. The number of hydrogen-bond acceptors (Lipinski definition) is 7. The molecule has 10 heteroatoms. The molecule has 46 heavy (non-hydrogen) atoms. The summed E-state index contributed by atoms with van der Waals surface area (Å²) in [5.41, 5.74) is -3.51. The molecule has 3 saturated carbocycles. The van der Waals surface area contributed by atoms with Gasteiger partial charge in [0, 0.05) is 48.4 Å². The lowest BCUT2D eigenvalue weighted by atomic mass is 9.32. The van der Waals surface area contributed by atoms with Gasteiger partial charge in [0.05, 0.1) is 18.5 Å². The minimum Gasteiger partial charge on any atom is -0.381 e. The van der Waals surface area contributed by atoms with Crippen molar-refractivity contribution in [1.82, 2.24) is 20.4 Å². The van der Waals surface area contributed by atoms with Crippen LogP contribution in [0.25, 0.3) is 0 Å². The first kappa shape index (κ1) is 32.4. The maximum absolute atomic E-state index is 14.6. The smallest absolute Gasteiger partial charge is 0.272 e. The maximum atomic E-state index is 14.6. The Morgan fingerprint density at radius 2 is 1.80 bits per heavy atom. The van der Waals surface area contributed by atoms with E-state index in [0.717, 1.165) is 24.8 Å². The van der Waals surface area contributed by atoms with Crippen molar-refractivity contribution >= 4 is 23.4 Å². The zero-order valence-electron chi connectivity index (χ0n) is 27.9. The molecular weight excluding hydrogens is 582 g/mol. The van der Waals surface area contributed by atoms with Crippen molar-refractivity contribution in [1.29, 1.82) is 5.26 Å². The number of ketones is 2. The third-order valence-electron chi connectivity index (χ3n) is 13.7. The molecular formula is C36H47N5O5. The lowest BCUT2D eigenvalue weighted by Gasteiger charge is -2.71. The largest absolute Gasteiger partial charge is 0.381 e. The Kier molecular flexibility index (Phi) is 7.36. The van der Waals surface area contributed by atoms with Gasteiger partial charge in [0.15, 0.2) is 11.6 Å². The van der Waals surface area contributed by atoms with Gasteiger partial charge in [-0.2, -0.15) is 10.4 Å². The molecule has 0 spiro atoms. The van der Waals surface area contributed by atoms with Crippen molar-refractivity contribution in [2.45, 2.75) is 85.2 Å². The van der Waals surface area contributed by atoms with Gasteiger partial charge < -0.3 is 15.7 Å². The monoisotopic (exact) mass is 629 g/mol. The third-order valence-corrected chi connectivity index (χ3v) is 13.7. The normalized spacial score (nSPS) is 42.8. The van der Waals surface area contributed by atoms with Crippen LogP contribution in [0.5, 0.6) is 0 Å². The van der Waals surface area contributed by atoms with Crippen LogP contribution in [-0.4, -0.2) is 57.0 Å².